The second-order valence-corrected chi connectivity index (χ2v) is 6.67. The summed E-state index contributed by atoms with van der Waals surface area (Å²) in [5.41, 5.74) is 1.18. The van der Waals surface area contributed by atoms with Crippen LogP contribution in [0.5, 0.6) is 0 Å². The molecular weight excluding hydrogens is 376 g/mol. The summed E-state index contributed by atoms with van der Waals surface area (Å²) in [6, 6.07) is 4.41. The third-order valence-corrected chi connectivity index (χ3v) is 4.93. The molecule has 0 aliphatic carbocycles. The molecule has 2 aromatic heterocycles. The van der Waals surface area contributed by atoms with E-state index in [-0.39, 0.29) is 6.04 Å². The second-order valence-electron chi connectivity index (χ2n) is 3.96. The molecule has 0 spiro atoms. The van der Waals surface area contributed by atoms with Crippen LogP contribution in [-0.4, -0.2) is 11.5 Å². The van der Waals surface area contributed by atoms with Crippen LogP contribution in [0.4, 0.5) is 0 Å². The third-order valence-electron chi connectivity index (χ3n) is 2.56. The van der Waals surface area contributed by atoms with Crippen molar-refractivity contribution in [1.29, 1.82) is 0 Å². The van der Waals surface area contributed by atoms with Gasteiger partial charge in [0.2, 0.25) is 0 Å². The van der Waals surface area contributed by atoms with E-state index in [0.717, 1.165) is 21.9 Å². The van der Waals surface area contributed by atoms with Crippen molar-refractivity contribution in [3.63, 3.8) is 0 Å². The van der Waals surface area contributed by atoms with Gasteiger partial charge in [0, 0.05) is 26.2 Å². The van der Waals surface area contributed by atoms with Gasteiger partial charge in [-0.25, -0.2) is 0 Å². The van der Waals surface area contributed by atoms with Gasteiger partial charge in [0.25, 0.3) is 0 Å². The van der Waals surface area contributed by atoms with Gasteiger partial charge in [0.15, 0.2) is 0 Å². The van der Waals surface area contributed by atoms with Crippen LogP contribution in [0, 0.1) is 0 Å². The molecule has 5 heteroatoms. The topological polar surface area (TPSA) is 24.9 Å². The summed E-state index contributed by atoms with van der Waals surface area (Å²) in [6.45, 7) is 3.16. The highest BCUT2D eigenvalue weighted by atomic mass is 79.9. The van der Waals surface area contributed by atoms with Crippen molar-refractivity contribution >= 4 is 43.2 Å². The summed E-state index contributed by atoms with van der Waals surface area (Å²) in [5, 5.41) is 5.68. The minimum Gasteiger partial charge on any atom is -0.306 e. The van der Waals surface area contributed by atoms with Gasteiger partial charge < -0.3 is 5.32 Å². The summed E-state index contributed by atoms with van der Waals surface area (Å²) >= 11 is 8.85. The van der Waals surface area contributed by atoms with Crippen LogP contribution >= 0.6 is 43.2 Å². The van der Waals surface area contributed by atoms with Crippen LogP contribution in [0.1, 0.15) is 29.8 Å². The molecular formula is C13H14Br2N2S. The summed E-state index contributed by atoms with van der Waals surface area (Å²) in [4.78, 5) is 5.55. The van der Waals surface area contributed by atoms with Crippen molar-refractivity contribution in [2.24, 2.45) is 0 Å². The molecule has 0 radical (unpaired) electrons. The largest absolute Gasteiger partial charge is 0.306 e. The summed E-state index contributed by atoms with van der Waals surface area (Å²) < 4.78 is 2.16. The molecule has 0 aliphatic heterocycles. The number of nitrogens with one attached hydrogen (secondary N) is 1. The first-order valence-corrected chi connectivity index (χ1v) is 8.25. The molecule has 1 atom stereocenters. The maximum Gasteiger partial charge on any atom is 0.0697 e. The monoisotopic (exact) mass is 388 g/mol. The van der Waals surface area contributed by atoms with E-state index in [0.29, 0.717) is 0 Å². The lowest BCUT2D eigenvalue weighted by molar-refractivity contribution is 0.602. The SMILES string of the molecule is CCCNC(c1cncc(Br)c1)c1sccc1Br. The van der Waals surface area contributed by atoms with Crippen molar-refractivity contribution in [3.8, 4) is 0 Å². The van der Waals surface area contributed by atoms with Crippen molar-refractivity contribution in [2.75, 3.05) is 6.54 Å². The second kappa shape index (κ2) is 6.80. The van der Waals surface area contributed by atoms with Gasteiger partial charge in [-0.2, -0.15) is 0 Å². The number of pyridine rings is 1. The number of nitrogens with zero attached hydrogens (tertiary/aromatic N) is 1. The van der Waals surface area contributed by atoms with E-state index < -0.39 is 0 Å². The zero-order valence-electron chi connectivity index (χ0n) is 9.99. The molecule has 0 amide bonds. The zero-order chi connectivity index (χ0) is 13.0. The van der Waals surface area contributed by atoms with Crippen molar-refractivity contribution in [1.82, 2.24) is 10.3 Å². The molecule has 0 bridgehead atoms. The van der Waals surface area contributed by atoms with Gasteiger partial charge in [-0.15, -0.1) is 11.3 Å². The maximum absolute atomic E-state index is 4.26. The van der Waals surface area contributed by atoms with Crippen LogP contribution in [0.2, 0.25) is 0 Å². The predicted octanol–water partition coefficient (Wildman–Crippen LogP) is 4.76. The fourth-order valence-corrected chi connectivity index (χ4v) is 3.83. The molecule has 0 aromatic carbocycles. The number of hydrogen-bond acceptors (Lipinski definition) is 3. The third kappa shape index (κ3) is 3.41. The number of thiophene rings is 1. The van der Waals surface area contributed by atoms with E-state index in [1.165, 1.54) is 10.4 Å². The summed E-state index contributed by atoms with van der Waals surface area (Å²) in [6.07, 6.45) is 4.84. The minimum absolute atomic E-state index is 0.198. The number of rotatable bonds is 5. The van der Waals surface area contributed by atoms with Crippen LogP contribution < -0.4 is 5.32 Å². The Morgan fingerprint density at radius 3 is 2.83 bits per heavy atom. The van der Waals surface area contributed by atoms with Crippen molar-refractivity contribution in [2.45, 2.75) is 19.4 Å². The molecule has 18 heavy (non-hydrogen) atoms. The molecule has 1 unspecified atom stereocenters. The van der Waals surface area contributed by atoms with Crippen LogP contribution in [0.3, 0.4) is 0 Å². The average Bonchev–Trinajstić information content (AvgIpc) is 2.77. The summed E-state index contributed by atoms with van der Waals surface area (Å²) in [5.74, 6) is 0. The highest BCUT2D eigenvalue weighted by Gasteiger charge is 2.17. The number of halogens is 2. The van der Waals surface area contributed by atoms with Crippen LogP contribution in [-0.2, 0) is 0 Å². The smallest absolute Gasteiger partial charge is 0.0697 e. The van der Waals surface area contributed by atoms with E-state index in [4.69, 9.17) is 0 Å². The van der Waals surface area contributed by atoms with E-state index in [1.807, 2.05) is 12.4 Å². The molecule has 0 saturated carbocycles. The van der Waals surface area contributed by atoms with Crippen LogP contribution in [0.15, 0.2) is 38.9 Å². The first-order valence-electron chi connectivity index (χ1n) is 5.79. The quantitative estimate of drug-likeness (QED) is 0.797. The van der Waals surface area contributed by atoms with E-state index in [9.17, 15) is 0 Å². The Hall–Kier alpha value is -0.230. The lowest BCUT2D eigenvalue weighted by Crippen LogP contribution is -2.22. The highest BCUT2D eigenvalue weighted by Crippen LogP contribution is 2.33. The van der Waals surface area contributed by atoms with Gasteiger partial charge in [-0.1, -0.05) is 6.92 Å². The number of hydrogen-bond donors (Lipinski definition) is 1. The van der Waals surface area contributed by atoms with Gasteiger partial charge in [0.05, 0.1) is 6.04 Å². The molecule has 2 nitrogen and oxygen atoms in total. The predicted molar refractivity (Wildman–Crippen MR) is 84.1 cm³/mol. The van der Waals surface area contributed by atoms with Crippen LogP contribution in [0.25, 0.3) is 0 Å². The van der Waals surface area contributed by atoms with E-state index in [2.05, 4.69) is 66.6 Å². The molecule has 2 rings (SSSR count). The maximum atomic E-state index is 4.26. The van der Waals surface area contributed by atoms with E-state index >= 15 is 0 Å². The molecule has 1 N–H and O–H groups in total. The lowest BCUT2D eigenvalue weighted by atomic mass is 10.1. The first-order chi connectivity index (χ1) is 8.72. The van der Waals surface area contributed by atoms with Gasteiger partial charge in [-0.05, 0) is 67.9 Å². The van der Waals surface area contributed by atoms with Gasteiger partial charge in [0.1, 0.15) is 0 Å². The Morgan fingerprint density at radius 1 is 1.39 bits per heavy atom. The normalized spacial score (nSPS) is 12.6. The minimum atomic E-state index is 0.198. The fraction of sp³-hybridized carbons (Fsp3) is 0.308. The Balaban J connectivity index is 2.33. The zero-order valence-corrected chi connectivity index (χ0v) is 14.0. The Kier molecular flexibility index (Phi) is 5.36. The highest BCUT2D eigenvalue weighted by molar-refractivity contribution is 9.10. The summed E-state index contributed by atoms with van der Waals surface area (Å²) in [7, 11) is 0. The Morgan fingerprint density at radius 2 is 2.22 bits per heavy atom. The lowest BCUT2D eigenvalue weighted by Gasteiger charge is -2.18. The standard InChI is InChI=1S/C13H14Br2N2S/c1-2-4-17-12(13-11(15)3-5-18-13)9-6-10(14)8-16-7-9/h3,5-8,12,17H,2,4H2,1H3. The van der Waals surface area contributed by atoms with E-state index in [1.54, 1.807) is 11.3 Å². The average molecular weight is 390 g/mol. The molecule has 0 aliphatic rings. The fourth-order valence-electron chi connectivity index (χ4n) is 1.75. The Bertz CT molecular complexity index is 513. The molecule has 2 aromatic rings. The van der Waals surface area contributed by atoms with Crippen molar-refractivity contribution in [3.05, 3.63) is 49.3 Å². The van der Waals surface area contributed by atoms with Gasteiger partial charge >= 0.3 is 0 Å². The molecule has 0 fully saturated rings. The first kappa shape index (κ1) is 14.2. The van der Waals surface area contributed by atoms with Gasteiger partial charge in [-0.3, -0.25) is 4.98 Å². The Labute approximate surface area is 128 Å². The number of aromatic nitrogens is 1. The van der Waals surface area contributed by atoms with Crippen molar-refractivity contribution < 1.29 is 0 Å². The molecule has 96 valence electrons. The molecule has 0 saturated heterocycles. The molecule has 2 heterocycles.